The van der Waals surface area contributed by atoms with Crippen LogP contribution >= 0.6 is 0 Å². The van der Waals surface area contributed by atoms with Crippen molar-refractivity contribution >= 4 is 0 Å². The van der Waals surface area contributed by atoms with Gasteiger partial charge in [-0.3, -0.25) is 0 Å². The molecule has 5 aliphatic carbocycles. The molecular weight excluding hydrogens is 174 g/mol. The van der Waals surface area contributed by atoms with Crippen LogP contribution in [0, 0.1) is 47.3 Å². The van der Waals surface area contributed by atoms with Crippen molar-refractivity contribution < 1.29 is 5.11 Å². The zero-order chi connectivity index (χ0) is 9.24. The molecule has 5 rings (SSSR count). The number of hydrogen-bond acceptors (Lipinski definition) is 2. The zero-order valence-corrected chi connectivity index (χ0v) is 8.26. The molecule has 0 radical (unpaired) electrons. The van der Waals surface area contributed by atoms with E-state index in [1.165, 1.54) is 12.8 Å². The molecule has 2 nitrogen and oxygen atoms in total. The largest absolute Gasteiger partial charge is 0.388 e. The Kier molecular flexibility index (Phi) is 0.875. The minimum atomic E-state index is -0.426. The van der Waals surface area contributed by atoms with E-state index < -0.39 is 5.60 Å². The number of nitrogens with two attached hydrogens (primary N) is 1. The molecule has 0 spiro atoms. The molecule has 0 unspecified atom stereocenters. The molecular formula is C12H17NO. The predicted octanol–water partition coefficient (Wildman–Crippen LogP) is 0.454. The molecule has 0 amide bonds. The fourth-order valence-electron chi connectivity index (χ4n) is 7.00. The maximum Gasteiger partial charge on any atom is 0.0836 e. The first-order chi connectivity index (χ1) is 6.77. The topological polar surface area (TPSA) is 46.2 Å². The Balaban J connectivity index is 1.79. The van der Waals surface area contributed by atoms with Gasteiger partial charge < -0.3 is 10.8 Å². The van der Waals surface area contributed by atoms with E-state index in [2.05, 4.69) is 0 Å². The summed E-state index contributed by atoms with van der Waals surface area (Å²) >= 11 is 0. The summed E-state index contributed by atoms with van der Waals surface area (Å²) in [5, 5.41) is 10.7. The van der Waals surface area contributed by atoms with Crippen LogP contribution in [0.4, 0.5) is 0 Å². The third-order valence-corrected chi connectivity index (χ3v) is 6.85. The Morgan fingerprint density at radius 2 is 1.71 bits per heavy atom. The number of rotatable bonds is 1. The summed E-state index contributed by atoms with van der Waals surface area (Å²) in [6, 6.07) is 0. The molecule has 0 aromatic heterocycles. The second-order valence-electron chi connectivity index (χ2n) is 6.53. The van der Waals surface area contributed by atoms with Crippen LogP contribution in [0.5, 0.6) is 0 Å². The molecule has 0 aliphatic heterocycles. The normalized spacial score (nSPS) is 80.1. The van der Waals surface area contributed by atoms with Crippen LogP contribution < -0.4 is 5.73 Å². The minimum absolute atomic E-state index is 0.426. The summed E-state index contributed by atoms with van der Waals surface area (Å²) in [5.41, 5.74) is 5.43. The lowest BCUT2D eigenvalue weighted by molar-refractivity contribution is -0.123. The summed E-state index contributed by atoms with van der Waals surface area (Å²) < 4.78 is 0. The Bertz CT molecular complexity index is 337. The van der Waals surface area contributed by atoms with E-state index >= 15 is 0 Å². The van der Waals surface area contributed by atoms with Crippen molar-refractivity contribution in [3.8, 4) is 0 Å². The van der Waals surface area contributed by atoms with Crippen LogP contribution in [0.25, 0.3) is 0 Å². The molecule has 0 aromatic rings. The third-order valence-electron chi connectivity index (χ3n) is 6.85. The van der Waals surface area contributed by atoms with Crippen LogP contribution in [0.3, 0.4) is 0 Å². The van der Waals surface area contributed by atoms with E-state index in [-0.39, 0.29) is 0 Å². The van der Waals surface area contributed by atoms with Crippen molar-refractivity contribution in [2.45, 2.75) is 18.4 Å². The maximum absolute atomic E-state index is 10.7. The molecule has 0 heterocycles. The average Bonchev–Trinajstić information content (AvgIpc) is 2.63. The molecule has 2 bridgehead atoms. The van der Waals surface area contributed by atoms with Gasteiger partial charge in [-0.05, 0) is 60.2 Å². The number of aliphatic hydroxyl groups is 1. The molecule has 3 N–H and O–H groups in total. The summed E-state index contributed by atoms with van der Waals surface area (Å²) in [5.74, 6) is 6.82. The van der Waals surface area contributed by atoms with Gasteiger partial charge in [0.05, 0.1) is 5.60 Å². The van der Waals surface area contributed by atoms with Crippen LogP contribution in [-0.2, 0) is 0 Å². The van der Waals surface area contributed by atoms with Gasteiger partial charge >= 0.3 is 0 Å². The first-order valence-electron chi connectivity index (χ1n) is 6.20. The zero-order valence-electron chi connectivity index (χ0n) is 8.26. The maximum atomic E-state index is 10.7. The lowest BCUT2D eigenvalue weighted by atomic mass is 9.56. The van der Waals surface area contributed by atoms with E-state index in [9.17, 15) is 5.11 Å². The Labute approximate surface area is 83.9 Å². The van der Waals surface area contributed by atoms with Crippen molar-refractivity contribution in [2.24, 2.45) is 53.1 Å². The first-order valence-corrected chi connectivity index (χ1v) is 6.20. The van der Waals surface area contributed by atoms with Gasteiger partial charge in [0.25, 0.3) is 0 Å². The molecule has 76 valence electrons. The second kappa shape index (κ2) is 1.69. The monoisotopic (exact) mass is 191 g/mol. The van der Waals surface area contributed by atoms with Crippen LogP contribution in [0.2, 0.25) is 0 Å². The minimum Gasteiger partial charge on any atom is -0.388 e. The smallest absolute Gasteiger partial charge is 0.0836 e. The Hall–Kier alpha value is -0.0800. The van der Waals surface area contributed by atoms with Gasteiger partial charge in [-0.1, -0.05) is 0 Å². The summed E-state index contributed by atoms with van der Waals surface area (Å²) in [6.07, 6.45) is 2.89. The lowest BCUT2D eigenvalue weighted by Gasteiger charge is -2.51. The molecule has 9 atom stereocenters. The third kappa shape index (κ3) is 0.409. The highest BCUT2D eigenvalue weighted by molar-refractivity contribution is 5.32. The van der Waals surface area contributed by atoms with Gasteiger partial charge in [0, 0.05) is 6.54 Å². The van der Waals surface area contributed by atoms with Crippen LogP contribution in [0.1, 0.15) is 12.8 Å². The number of fused-ring (bicyclic) bond motifs is 2. The van der Waals surface area contributed by atoms with E-state index in [0.717, 1.165) is 35.5 Å². The predicted molar refractivity (Wildman–Crippen MR) is 51.2 cm³/mol. The molecule has 14 heavy (non-hydrogen) atoms. The number of hydrogen-bond donors (Lipinski definition) is 2. The van der Waals surface area contributed by atoms with E-state index in [0.29, 0.717) is 18.4 Å². The lowest BCUT2D eigenvalue weighted by Crippen LogP contribution is -2.57. The summed E-state index contributed by atoms with van der Waals surface area (Å²) in [6.45, 7) is 0.530. The SMILES string of the molecule is NC[C@]1(O)[C@@H]2[C@@H]3C[C@@H]4[C@@H]5[C@H]3C[C@H]2[C@H]5[C@@H]41. The molecule has 2 heteroatoms. The first kappa shape index (κ1) is 7.24. The molecule has 5 fully saturated rings. The van der Waals surface area contributed by atoms with Gasteiger partial charge in [-0.15, -0.1) is 0 Å². The fraction of sp³-hybridized carbons (Fsp3) is 1.00. The second-order valence-corrected chi connectivity index (χ2v) is 6.53. The summed E-state index contributed by atoms with van der Waals surface area (Å²) in [7, 11) is 0. The Morgan fingerprint density at radius 3 is 2.50 bits per heavy atom. The van der Waals surface area contributed by atoms with Crippen molar-refractivity contribution in [3.05, 3.63) is 0 Å². The average molecular weight is 191 g/mol. The van der Waals surface area contributed by atoms with E-state index in [1.54, 1.807) is 0 Å². The van der Waals surface area contributed by atoms with E-state index in [1.807, 2.05) is 0 Å². The highest BCUT2D eigenvalue weighted by Gasteiger charge is 2.84. The molecule has 0 saturated heterocycles. The van der Waals surface area contributed by atoms with Crippen molar-refractivity contribution in [3.63, 3.8) is 0 Å². The molecule has 0 aromatic carbocycles. The van der Waals surface area contributed by atoms with Crippen LogP contribution in [0.15, 0.2) is 0 Å². The van der Waals surface area contributed by atoms with Gasteiger partial charge in [0.1, 0.15) is 0 Å². The molecule has 5 aliphatic rings. The van der Waals surface area contributed by atoms with Gasteiger partial charge in [-0.25, -0.2) is 0 Å². The Morgan fingerprint density at radius 1 is 1.00 bits per heavy atom. The quantitative estimate of drug-likeness (QED) is 0.632. The van der Waals surface area contributed by atoms with Gasteiger partial charge in [-0.2, -0.15) is 0 Å². The van der Waals surface area contributed by atoms with Crippen molar-refractivity contribution in [1.82, 2.24) is 0 Å². The van der Waals surface area contributed by atoms with Crippen molar-refractivity contribution in [1.29, 1.82) is 0 Å². The fourth-order valence-corrected chi connectivity index (χ4v) is 7.00. The summed E-state index contributed by atoms with van der Waals surface area (Å²) in [4.78, 5) is 0. The highest BCUT2D eigenvalue weighted by atomic mass is 16.3. The van der Waals surface area contributed by atoms with E-state index in [4.69, 9.17) is 5.73 Å². The van der Waals surface area contributed by atoms with Crippen LogP contribution in [-0.4, -0.2) is 17.3 Å². The molecule has 5 saturated carbocycles. The van der Waals surface area contributed by atoms with Crippen molar-refractivity contribution in [2.75, 3.05) is 6.54 Å². The van der Waals surface area contributed by atoms with Gasteiger partial charge in [0.2, 0.25) is 0 Å². The van der Waals surface area contributed by atoms with Gasteiger partial charge in [0.15, 0.2) is 0 Å². The highest BCUT2D eigenvalue weighted by Crippen LogP contribution is 2.85. The standard InChI is InChI=1S/C12H17NO/c13-3-12(14)10-5-2-6-8-4(5)1-7(10)9(8)11(6)12/h4-11,14H,1-3,13H2/t4-,5+,6+,7-,8-,9+,10+,11+,12-/m0/s1.